The molecule has 11 nitrogen and oxygen atoms in total. The highest BCUT2D eigenvalue weighted by Crippen LogP contribution is 2.37. The van der Waals surface area contributed by atoms with E-state index in [9.17, 15) is 18.3 Å². The summed E-state index contributed by atoms with van der Waals surface area (Å²) in [5.74, 6) is 0.979. The van der Waals surface area contributed by atoms with E-state index >= 15 is 0 Å². The number of halogens is 4. The second-order valence-electron chi connectivity index (χ2n) is 9.13. The van der Waals surface area contributed by atoms with Crippen LogP contribution in [0.15, 0.2) is 43.0 Å². The Hall–Kier alpha value is -4.14. The number of aliphatic hydroxyl groups is 1. The molecule has 0 spiro atoms. The summed E-state index contributed by atoms with van der Waals surface area (Å²) < 4.78 is 48.5. The number of rotatable bonds is 8. The molecule has 15 heteroatoms. The van der Waals surface area contributed by atoms with Crippen molar-refractivity contribution in [2.45, 2.75) is 18.8 Å². The fourth-order valence-electron chi connectivity index (χ4n) is 4.35. The minimum atomic E-state index is -4.55. The molecule has 4 aromatic rings. The van der Waals surface area contributed by atoms with Crippen LogP contribution in [0.1, 0.15) is 16.8 Å². The molecule has 1 aliphatic heterocycles. The monoisotopic (exact) mass is 575 g/mol. The number of nitrogens with two attached hydrogens (primary N) is 1. The lowest BCUT2D eigenvalue weighted by Gasteiger charge is -2.36. The fraction of sp³-hybridized carbons (Fsp3) is 0.280. The van der Waals surface area contributed by atoms with E-state index in [1.54, 1.807) is 24.7 Å². The van der Waals surface area contributed by atoms with E-state index in [2.05, 4.69) is 30.6 Å². The van der Waals surface area contributed by atoms with Crippen molar-refractivity contribution >= 4 is 46.0 Å². The molecule has 0 atom stereocenters. The second-order valence-corrected chi connectivity index (χ2v) is 9.51. The first-order valence-corrected chi connectivity index (χ1v) is 12.4. The predicted octanol–water partition coefficient (Wildman–Crippen LogP) is 3.73. The average molecular weight is 576 g/mol. The van der Waals surface area contributed by atoms with Gasteiger partial charge in [-0.1, -0.05) is 11.6 Å². The van der Waals surface area contributed by atoms with Gasteiger partial charge in [0.2, 0.25) is 5.95 Å². The van der Waals surface area contributed by atoms with Crippen molar-refractivity contribution in [2.24, 2.45) is 12.8 Å². The number of ether oxygens (including phenoxy) is 1. The molecule has 0 radical (unpaired) electrons. The number of fused-ring (bicyclic) bond motifs is 1. The third-order valence-corrected chi connectivity index (χ3v) is 6.63. The third kappa shape index (κ3) is 5.46. The maximum atomic E-state index is 13.7. The number of aliphatic hydroxyl groups excluding tert-OH is 1. The van der Waals surface area contributed by atoms with Gasteiger partial charge in [0.25, 0.3) is 0 Å². The Morgan fingerprint density at radius 2 is 1.98 bits per heavy atom. The first kappa shape index (κ1) is 27.4. The largest absolute Gasteiger partial charge is 0.450 e. The lowest BCUT2D eigenvalue weighted by Crippen LogP contribution is -2.49. The molecule has 5 rings (SSSR count). The number of alkyl halides is 3. The van der Waals surface area contributed by atoms with Crippen molar-refractivity contribution < 1.29 is 23.0 Å². The quantitative estimate of drug-likeness (QED) is 0.230. The number of hydrogen-bond acceptors (Lipinski definition) is 10. The molecule has 0 amide bonds. The molecule has 0 bridgehead atoms. The summed E-state index contributed by atoms with van der Waals surface area (Å²) in [5, 5.41) is 15.5. The van der Waals surface area contributed by atoms with Crippen LogP contribution in [-0.2, 0) is 19.8 Å². The molecule has 1 saturated heterocycles. The van der Waals surface area contributed by atoms with E-state index < -0.39 is 17.8 Å². The Kier molecular flexibility index (Phi) is 7.40. The molecule has 0 unspecified atom stereocenters. The Morgan fingerprint density at radius 1 is 1.23 bits per heavy atom. The van der Waals surface area contributed by atoms with Crippen molar-refractivity contribution in [1.82, 2.24) is 29.4 Å². The molecule has 1 aliphatic rings. The Morgan fingerprint density at radius 3 is 2.65 bits per heavy atom. The molecule has 4 heterocycles. The maximum absolute atomic E-state index is 13.7. The van der Waals surface area contributed by atoms with Gasteiger partial charge in [-0.3, -0.25) is 4.90 Å². The molecule has 1 aromatic carbocycles. The summed E-state index contributed by atoms with van der Waals surface area (Å²) in [5.41, 5.74) is 6.61. The van der Waals surface area contributed by atoms with Crippen molar-refractivity contribution in [3.63, 3.8) is 0 Å². The van der Waals surface area contributed by atoms with E-state index in [1.807, 2.05) is 4.90 Å². The number of anilines is 3. The predicted molar refractivity (Wildman–Crippen MR) is 144 cm³/mol. The smallest absolute Gasteiger partial charge is 0.416 e. The number of nitrogens with one attached hydrogen (secondary N) is 2. The topological polar surface area (TPSA) is 139 Å². The highest BCUT2D eigenvalue weighted by molar-refractivity contribution is 6.36. The van der Waals surface area contributed by atoms with Crippen LogP contribution in [0.25, 0.3) is 16.9 Å². The van der Waals surface area contributed by atoms with Crippen LogP contribution in [0, 0.1) is 0 Å². The third-order valence-electron chi connectivity index (χ3n) is 6.27. The zero-order chi connectivity index (χ0) is 28.6. The first-order valence-electron chi connectivity index (χ1n) is 12.1. The van der Waals surface area contributed by atoms with Gasteiger partial charge >= 0.3 is 6.18 Å². The summed E-state index contributed by atoms with van der Waals surface area (Å²) in [6, 6.07) is 3.73. The van der Waals surface area contributed by atoms with Gasteiger partial charge in [0, 0.05) is 58.0 Å². The average Bonchev–Trinajstić information content (AvgIpc) is 3.22. The summed E-state index contributed by atoms with van der Waals surface area (Å²) in [6.45, 7) is 1.09. The molecular weight excluding hydrogens is 551 g/mol. The van der Waals surface area contributed by atoms with E-state index in [-0.39, 0.29) is 40.4 Å². The molecule has 3 aromatic heterocycles. The minimum Gasteiger partial charge on any atom is -0.450 e. The molecular formula is C25H25ClF3N9O2. The van der Waals surface area contributed by atoms with Crippen LogP contribution < -0.4 is 21.1 Å². The van der Waals surface area contributed by atoms with E-state index in [1.165, 1.54) is 24.8 Å². The Labute approximate surface area is 231 Å². The molecule has 1 fully saturated rings. The summed E-state index contributed by atoms with van der Waals surface area (Å²) in [7, 11) is 3.32. The highest BCUT2D eigenvalue weighted by Gasteiger charge is 2.32. The minimum absolute atomic E-state index is 0.156. The first-order chi connectivity index (χ1) is 19.1. The number of imidazole rings is 1. The lowest BCUT2D eigenvalue weighted by molar-refractivity contribution is -0.137. The highest BCUT2D eigenvalue weighted by atomic mass is 35.5. The second kappa shape index (κ2) is 10.8. The van der Waals surface area contributed by atoms with Crippen LogP contribution in [0.5, 0.6) is 5.75 Å². The number of likely N-dealkylation sites (tertiary alicyclic amines) is 1. The van der Waals surface area contributed by atoms with Crippen molar-refractivity contribution in [1.29, 1.82) is 0 Å². The molecule has 5 N–H and O–H groups in total. The van der Waals surface area contributed by atoms with E-state index in [4.69, 9.17) is 22.1 Å². The number of nitrogens with zero attached hydrogens (tertiary/aromatic N) is 6. The number of benzene rings is 1. The van der Waals surface area contributed by atoms with Crippen LogP contribution >= 0.6 is 11.6 Å². The van der Waals surface area contributed by atoms with Gasteiger partial charge in [-0.2, -0.15) is 18.2 Å². The van der Waals surface area contributed by atoms with Gasteiger partial charge in [-0.25, -0.2) is 15.0 Å². The van der Waals surface area contributed by atoms with Crippen LogP contribution in [0.2, 0.25) is 5.02 Å². The molecule has 40 heavy (non-hydrogen) atoms. The molecule has 0 saturated carbocycles. The number of β-amino-alcohol motifs (C(OH)–C–C–N with tert-alkyl or cyclic N) is 1. The van der Waals surface area contributed by atoms with Crippen molar-refractivity contribution in [2.75, 3.05) is 30.8 Å². The zero-order valence-corrected chi connectivity index (χ0v) is 22.1. The fourth-order valence-corrected chi connectivity index (χ4v) is 4.65. The lowest BCUT2D eigenvalue weighted by atomic mass is 10.1. The standard InChI is InChI=1S/C25H25ClF3N9O2/c1-31-22-20(32-3-4-33-22)17(8-30)40-18-9-34-23-21(19(18)26)37(2)24(36-23)35-15-6-13(10-38-11-16(39)12-38)5-14(7-15)25(27,28)29/h3-9,16,39H,10-12,30H2,1-2H3,(H,31,33)(H,34,35,36)/b17-8+. The van der Waals surface area contributed by atoms with Crippen LogP contribution in [0.3, 0.4) is 0 Å². The maximum Gasteiger partial charge on any atom is 0.416 e. The van der Waals surface area contributed by atoms with Gasteiger partial charge in [-0.15, -0.1) is 0 Å². The number of pyridine rings is 1. The summed E-state index contributed by atoms with van der Waals surface area (Å²) in [4.78, 5) is 19.0. The van der Waals surface area contributed by atoms with Crippen LogP contribution in [-0.4, -0.2) is 60.8 Å². The zero-order valence-electron chi connectivity index (χ0n) is 21.4. The van der Waals surface area contributed by atoms with Gasteiger partial charge in [0.05, 0.1) is 17.9 Å². The Balaban J connectivity index is 1.46. The molecule has 0 aliphatic carbocycles. The number of aromatic nitrogens is 5. The van der Waals surface area contributed by atoms with Crippen molar-refractivity contribution in [3.05, 3.63) is 64.8 Å². The number of hydrogen-bond donors (Lipinski definition) is 4. The summed E-state index contributed by atoms with van der Waals surface area (Å²) >= 11 is 6.68. The number of aryl methyl sites for hydroxylation is 1. The molecule has 210 valence electrons. The van der Waals surface area contributed by atoms with Gasteiger partial charge in [-0.05, 0) is 23.8 Å². The van der Waals surface area contributed by atoms with Crippen LogP contribution in [0.4, 0.5) is 30.6 Å². The van der Waals surface area contributed by atoms with E-state index in [0.717, 1.165) is 12.1 Å². The van der Waals surface area contributed by atoms with Gasteiger partial charge in [0.15, 0.2) is 23.0 Å². The summed E-state index contributed by atoms with van der Waals surface area (Å²) in [6.07, 6.45) is 0.568. The van der Waals surface area contributed by atoms with Crippen molar-refractivity contribution in [3.8, 4) is 5.75 Å². The van der Waals surface area contributed by atoms with Gasteiger partial charge < -0.3 is 30.8 Å². The normalized spacial score (nSPS) is 14.8. The Bertz CT molecular complexity index is 1590. The SMILES string of the molecule is CNc1nccnc1/C(=C\N)Oc1cnc2nc(Nc3cc(CN4CC(O)C4)cc(C(F)(F)F)c3)n(C)c2c1Cl. The van der Waals surface area contributed by atoms with E-state index in [0.29, 0.717) is 35.7 Å². The van der Waals surface area contributed by atoms with Gasteiger partial charge in [0.1, 0.15) is 16.2 Å².